The second kappa shape index (κ2) is 7.84. The van der Waals surface area contributed by atoms with Gasteiger partial charge in [0.15, 0.2) is 11.3 Å². The largest absolute Gasteiger partial charge is 0.335 e. The Kier molecular flexibility index (Phi) is 5.07. The number of carbonyl (C=O) groups excluding carboxylic acids is 1. The molecule has 0 spiro atoms. The predicted molar refractivity (Wildman–Crippen MR) is 119 cm³/mol. The highest BCUT2D eigenvalue weighted by molar-refractivity contribution is 5.94. The Morgan fingerprint density at radius 2 is 1.70 bits per heavy atom. The average Bonchev–Trinajstić information content (AvgIpc) is 3.24. The summed E-state index contributed by atoms with van der Waals surface area (Å²) in [5.41, 5.74) is 3.80. The zero-order valence-electron chi connectivity index (χ0n) is 17.0. The minimum atomic E-state index is -0.724. The van der Waals surface area contributed by atoms with Gasteiger partial charge in [0.05, 0.1) is 16.9 Å². The molecule has 0 aliphatic rings. The number of hydrogen-bond acceptors (Lipinski definition) is 3. The second-order valence-electron chi connectivity index (χ2n) is 7.34. The van der Waals surface area contributed by atoms with Crippen LogP contribution < -0.4 is 5.32 Å². The van der Waals surface area contributed by atoms with E-state index >= 15 is 0 Å². The van der Waals surface area contributed by atoms with Crippen molar-refractivity contribution in [3.63, 3.8) is 0 Å². The van der Waals surface area contributed by atoms with Crippen molar-refractivity contribution in [2.24, 2.45) is 0 Å². The summed E-state index contributed by atoms with van der Waals surface area (Å²) in [6.45, 7) is 3.76. The number of fused-ring (bicyclic) bond motifs is 1. The van der Waals surface area contributed by atoms with Gasteiger partial charge in [-0.2, -0.15) is 5.10 Å². The van der Waals surface area contributed by atoms with Gasteiger partial charge in [0.1, 0.15) is 0 Å². The van der Waals surface area contributed by atoms with E-state index in [4.69, 9.17) is 11.4 Å². The third kappa shape index (κ3) is 3.68. The zero-order chi connectivity index (χ0) is 21.1. The van der Waals surface area contributed by atoms with Crippen molar-refractivity contribution in [2.75, 3.05) is 0 Å². The van der Waals surface area contributed by atoms with Gasteiger partial charge in [-0.05, 0) is 19.4 Å². The summed E-state index contributed by atoms with van der Waals surface area (Å²) in [6, 6.07) is 23.6. The molecule has 0 fully saturated rings. The van der Waals surface area contributed by atoms with Gasteiger partial charge in [0.25, 0.3) is 5.91 Å². The Hall–Kier alpha value is -3.91. The molecule has 1 atom stereocenters. The lowest BCUT2D eigenvalue weighted by molar-refractivity contribution is 0.0918. The molecule has 5 nitrogen and oxygen atoms in total. The van der Waals surface area contributed by atoms with Crippen LogP contribution in [0.15, 0.2) is 72.8 Å². The normalized spacial score (nSPS) is 12.8. The molecule has 1 amide bonds. The van der Waals surface area contributed by atoms with Crippen LogP contribution in [0.3, 0.4) is 0 Å². The maximum atomic E-state index is 12.8. The van der Waals surface area contributed by atoms with Gasteiger partial charge in [0.2, 0.25) is 0 Å². The predicted octanol–water partition coefficient (Wildman–Crippen LogP) is 4.60. The lowest BCUT2D eigenvalue weighted by atomic mass is 10.0. The molecular formula is C25H22N4O. The van der Waals surface area contributed by atoms with Crippen LogP contribution in [0.4, 0.5) is 0 Å². The molecule has 30 heavy (non-hydrogen) atoms. The Bertz CT molecular complexity index is 1240. The molecule has 4 aromatic rings. The first-order valence-electron chi connectivity index (χ1n) is 9.85. The molecule has 0 saturated carbocycles. The van der Waals surface area contributed by atoms with E-state index in [0.29, 0.717) is 12.1 Å². The van der Waals surface area contributed by atoms with E-state index in [1.54, 1.807) is 10.6 Å². The van der Waals surface area contributed by atoms with Crippen molar-refractivity contribution < 1.29 is 4.79 Å². The van der Waals surface area contributed by atoms with Gasteiger partial charge < -0.3 is 5.32 Å². The summed E-state index contributed by atoms with van der Waals surface area (Å²) in [6.07, 6.45) is 6.22. The van der Waals surface area contributed by atoms with Crippen molar-refractivity contribution in [3.05, 3.63) is 78.5 Å². The smallest absolute Gasteiger partial charge is 0.273 e. The second-order valence-corrected chi connectivity index (χ2v) is 7.34. The van der Waals surface area contributed by atoms with Gasteiger partial charge in [-0.1, -0.05) is 73.5 Å². The fourth-order valence-electron chi connectivity index (χ4n) is 3.20. The first kappa shape index (κ1) is 19.4. The van der Waals surface area contributed by atoms with Crippen LogP contribution in [0.2, 0.25) is 0 Å². The summed E-state index contributed by atoms with van der Waals surface area (Å²) in [5, 5.41) is 7.45. The van der Waals surface area contributed by atoms with E-state index in [1.165, 1.54) is 0 Å². The van der Waals surface area contributed by atoms with Crippen molar-refractivity contribution in [3.8, 4) is 34.9 Å². The summed E-state index contributed by atoms with van der Waals surface area (Å²) in [5.74, 6) is 2.33. The van der Waals surface area contributed by atoms with Crippen LogP contribution in [0.25, 0.3) is 28.2 Å². The van der Waals surface area contributed by atoms with Crippen LogP contribution >= 0.6 is 0 Å². The molecule has 5 heteroatoms. The van der Waals surface area contributed by atoms with Gasteiger partial charge in [-0.15, -0.1) is 6.42 Å². The minimum Gasteiger partial charge on any atom is -0.335 e. The van der Waals surface area contributed by atoms with E-state index in [9.17, 15) is 4.79 Å². The molecular weight excluding hydrogens is 372 g/mol. The Morgan fingerprint density at radius 3 is 2.30 bits per heavy atom. The van der Waals surface area contributed by atoms with Gasteiger partial charge in [0, 0.05) is 17.2 Å². The maximum absolute atomic E-state index is 12.8. The van der Waals surface area contributed by atoms with Crippen LogP contribution in [-0.4, -0.2) is 26.0 Å². The lowest BCUT2D eigenvalue weighted by Crippen LogP contribution is -2.44. The summed E-state index contributed by atoms with van der Waals surface area (Å²) in [7, 11) is 0. The molecule has 2 heterocycles. The highest BCUT2D eigenvalue weighted by Gasteiger charge is 2.24. The van der Waals surface area contributed by atoms with Gasteiger partial charge in [-0.25, -0.2) is 9.50 Å². The summed E-state index contributed by atoms with van der Waals surface area (Å²) in [4.78, 5) is 17.6. The molecule has 0 unspecified atom stereocenters. The number of nitrogens with one attached hydrogen (secondary N) is 1. The fraction of sp³-hybridized carbons (Fsp3) is 0.160. The van der Waals surface area contributed by atoms with Crippen LogP contribution in [0.1, 0.15) is 30.8 Å². The van der Waals surface area contributed by atoms with Crippen LogP contribution in [0.5, 0.6) is 0 Å². The highest BCUT2D eigenvalue weighted by atomic mass is 16.2. The third-order valence-electron chi connectivity index (χ3n) is 5.21. The lowest BCUT2D eigenvalue weighted by Gasteiger charge is -2.22. The Morgan fingerprint density at radius 1 is 1.07 bits per heavy atom. The number of hydrogen-bond donors (Lipinski definition) is 1. The molecule has 148 valence electrons. The quantitative estimate of drug-likeness (QED) is 0.504. The van der Waals surface area contributed by atoms with E-state index in [0.717, 1.165) is 22.5 Å². The van der Waals surface area contributed by atoms with Crippen molar-refractivity contribution in [1.82, 2.24) is 19.9 Å². The number of nitrogens with zero attached hydrogens (tertiary/aromatic N) is 3. The van der Waals surface area contributed by atoms with Crippen molar-refractivity contribution >= 4 is 11.6 Å². The number of terminal acetylenes is 1. The molecule has 0 aliphatic carbocycles. The van der Waals surface area contributed by atoms with Crippen molar-refractivity contribution in [2.45, 2.75) is 25.8 Å². The number of amides is 1. The van der Waals surface area contributed by atoms with Crippen molar-refractivity contribution in [1.29, 1.82) is 0 Å². The standard InChI is InChI=1S/C25H22N4O/c1-4-25(3,5-2)27-24(30)21-17-23-26-20(18-12-8-6-9-13-18)16-22(29(23)28-21)19-14-10-7-11-15-19/h1,6-17H,5H2,2-3H3,(H,27,30)/t25-/m1/s1. The molecule has 0 bridgehead atoms. The SMILES string of the molecule is C#C[C@](C)(CC)NC(=O)c1cc2nc(-c3ccccc3)cc(-c3ccccc3)n2n1. The molecule has 1 N–H and O–H groups in total. The molecule has 2 aromatic carbocycles. The molecule has 0 radical (unpaired) electrons. The highest BCUT2D eigenvalue weighted by Crippen LogP contribution is 2.26. The van der Waals surface area contributed by atoms with Crippen LogP contribution in [-0.2, 0) is 0 Å². The third-order valence-corrected chi connectivity index (χ3v) is 5.21. The first-order chi connectivity index (χ1) is 14.5. The Labute approximate surface area is 175 Å². The Balaban J connectivity index is 1.86. The topological polar surface area (TPSA) is 59.3 Å². The van der Waals surface area contributed by atoms with Gasteiger partial charge in [-0.3, -0.25) is 4.79 Å². The van der Waals surface area contributed by atoms with E-state index in [2.05, 4.69) is 16.3 Å². The number of carbonyl (C=O) groups is 1. The summed E-state index contributed by atoms with van der Waals surface area (Å²) >= 11 is 0. The van der Waals surface area contributed by atoms with E-state index in [1.807, 2.05) is 80.6 Å². The maximum Gasteiger partial charge on any atom is 0.273 e. The minimum absolute atomic E-state index is 0.278. The van der Waals surface area contributed by atoms with E-state index in [-0.39, 0.29) is 11.6 Å². The number of benzene rings is 2. The average molecular weight is 394 g/mol. The van der Waals surface area contributed by atoms with E-state index < -0.39 is 5.54 Å². The first-order valence-corrected chi connectivity index (χ1v) is 9.85. The molecule has 2 aromatic heterocycles. The number of aromatic nitrogens is 3. The zero-order valence-corrected chi connectivity index (χ0v) is 17.0. The summed E-state index contributed by atoms with van der Waals surface area (Å²) < 4.78 is 1.70. The molecule has 0 saturated heterocycles. The number of rotatable bonds is 5. The monoisotopic (exact) mass is 394 g/mol. The van der Waals surface area contributed by atoms with Gasteiger partial charge >= 0.3 is 0 Å². The molecule has 0 aliphatic heterocycles. The van der Waals surface area contributed by atoms with Crippen LogP contribution in [0, 0.1) is 12.3 Å². The fourth-order valence-corrected chi connectivity index (χ4v) is 3.20. The molecule has 4 rings (SSSR count).